The van der Waals surface area contributed by atoms with Gasteiger partial charge in [-0.2, -0.15) is 5.10 Å². The van der Waals surface area contributed by atoms with E-state index in [1.807, 2.05) is 31.2 Å². The Balaban J connectivity index is 0.00000264. The molecule has 2 rings (SSSR count). The summed E-state index contributed by atoms with van der Waals surface area (Å²) in [7, 11) is 3.34. The van der Waals surface area contributed by atoms with Gasteiger partial charge >= 0.3 is 0 Å². The molecule has 0 atom stereocenters. The summed E-state index contributed by atoms with van der Waals surface area (Å²) in [6.07, 6.45) is 1.71. The molecule has 1 aromatic carbocycles. The highest BCUT2D eigenvalue weighted by Crippen LogP contribution is 2.30. The van der Waals surface area contributed by atoms with Gasteiger partial charge in [0.15, 0.2) is 17.5 Å². The Morgan fingerprint density at radius 3 is 2.74 bits per heavy atom. The second kappa shape index (κ2) is 9.93. The van der Waals surface area contributed by atoms with Crippen LogP contribution in [0, 0.1) is 0 Å². The molecule has 0 saturated heterocycles. The number of methoxy groups -OCH3 is 1. The Hall–Kier alpha value is -1.97. The van der Waals surface area contributed by atoms with E-state index in [-0.39, 0.29) is 24.0 Å². The fourth-order valence-electron chi connectivity index (χ4n) is 1.90. The molecule has 0 aliphatic rings. The van der Waals surface area contributed by atoms with Gasteiger partial charge in [0.2, 0.25) is 0 Å². The Kier molecular flexibility index (Phi) is 8.23. The third kappa shape index (κ3) is 5.62. The smallest absolute Gasteiger partial charge is 0.195 e. The van der Waals surface area contributed by atoms with E-state index < -0.39 is 0 Å². The summed E-state index contributed by atoms with van der Waals surface area (Å²) in [6, 6.07) is 7.55. The molecule has 3 N–H and O–H groups in total. The number of nitrogens with zero attached hydrogens (tertiary/aromatic N) is 2. The average molecular weight is 431 g/mol. The van der Waals surface area contributed by atoms with Gasteiger partial charge in [-0.05, 0) is 25.1 Å². The van der Waals surface area contributed by atoms with Crippen molar-refractivity contribution in [2.24, 2.45) is 4.99 Å². The standard InChI is InChI=1S/C15H21N5O2.HI/c1-4-22-14-9-11(5-6-13(14)21-3)19-15(16-2)17-10-12-7-8-18-20-12;/h5-9H,4,10H2,1-3H3,(H,18,20)(H2,16,17,19);1H. The van der Waals surface area contributed by atoms with Gasteiger partial charge < -0.3 is 20.1 Å². The highest BCUT2D eigenvalue weighted by atomic mass is 127. The predicted molar refractivity (Wildman–Crippen MR) is 102 cm³/mol. The van der Waals surface area contributed by atoms with E-state index in [0.717, 1.165) is 11.4 Å². The van der Waals surface area contributed by atoms with E-state index in [1.54, 1.807) is 20.4 Å². The molecular weight excluding hydrogens is 409 g/mol. The van der Waals surface area contributed by atoms with Crippen molar-refractivity contribution in [3.63, 3.8) is 0 Å². The molecule has 0 amide bonds. The number of aromatic amines is 1. The summed E-state index contributed by atoms with van der Waals surface area (Å²) in [4.78, 5) is 4.19. The lowest BCUT2D eigenvalue weighted by Gasteiger charge is -2.14. The maximum Gasteiger partial charge on any atom is 0.195 e. The molecule has 0 bridgehead atoms. The second-order valence-corrected chi connectivity index (χ2v) is 4.43. The van der Waals surface area contributed by atoms with Gasteiger partial charge in [-0.15, -0.1) is 24.0 Å². The highest BCUT2D eigenvalue weighted by Gasteiger charge is 2.07. The molecule has 126 valence electrons. The first-order valence-corrected chi connectivity index (χ1v) is 7.03. The maximum atomic E-state index is 5.56. The first-order chi connectivity index (χ1) is 10.8. The summed E-state index contributed by atoms with van der Waals surface area (Å²) in [5.74, 6) is 2.05. The molecular formula is C15H22IN5O2. The number of hydrogen-bond donors (Lipinski definition) is 3. The summed E-state index contributed by atoms with van der Waals surface area (Å²) in [6.45, 7) is 3.12. The molecule has 8 heteroatoms. The summed E-state index contributed by atoms with van der Waals surface area (Å²) < 4.78 is 10.8. The van der Waals surface area contributed by atoms with Crippen molar-refractivity contribution < 1.29 is 9.47 Å². The molecule has 0 saturated carbocycles. The van der Waals surface area contributed by atoms with Gasteiger partial charge in [-0.25, -0.2) is 0 Å². The molecule has 0 fully saturated rings. The zero-order valence-electron chi connectivity index (χ0n) is 13.4. The number of guanidine groups is 1. The molecule has 0 aliphatic carbocycles. The Bertz CT molecular complexity index is 616. The quantitative estimate of drug-likeness (QED) is 0.372. The van der Waals surface area contributed by atoms with Crippen molar-refractivity contribution in [1.82, 2.24) is 15.5 Å². The molecule has 1 heterocycles. The summed E-state index contributed by atoms with van der Waals surface area (Å²) in [5.41, 5.74) is 1.84. The van der Waals surface area contributed by atoms with E-state index in [1.165, 1.54) is 0 Å². The van der Waals surface area contributed by atoms with Crippen LogP contribution in [0.1, 0.15) is 12.6 Å². The number of H-pyrrole nitrogens is 1. The van der Waals surface area contributed by atoms with Crippen LogP contribution in [0.5, 0.6) is 11.5 Å². The Morgan fingerprint density at radius 2 is 2.13 bits per heavy atom. The third-order valence-electron chi connectivity index (χ3n) is 2.95. The third-order valence-corrected chi connectivity index (χ3v) is 2.95. The van der Waals surface area contributed by atoms with Gasteiger partial charge in [0.25, 0.3) is 0 Å². The number of hydrogen-bond acceptors (Lipinski definition) is 4. The molecule has 0 radical (unpaired) electrons. The average Bonchev–Trinajstić information content (AvgIpc) is 3.05. The van der Waals surface area contributed by atoms with Crippen LogP contribution in [0.25, 0.3) is 0 Å². The molecule has 7 nitrogen and oxygen atoms in total. The monoisotopic (exact) mass is 431 g/mol. The van der Waals surface area contributed by atoms with Crippen LogP contribution < -0.4 is 20.1 Å². The van der Waals surface area contributed by atoms with Crippen molar-refractivity contribution in [3.8, 4) is 11.5 Å². The zero-order chi connectivity index (χ0) is 15.8. The molecule has 1 aromatic heterocycles. The molecule has 2 aromatic rings. The Labute approximate surface area is 152 Å². The predicted octanol–water partition coefficient (Wildman–Crippen LogP) is 2.62. The van der Waals surface area contributed by atoms with Gasteiger partial charge in [-0.3, -0.25) is 10.1 Å². The SMILES string of the molecule is CCOc1cc(NC(=NC)NCc2ccn[nH]2)ccc1OC.I. The van der Waals surface area contributed by atoms with Crippen molar-refractivity contribution in [2.45, 2.75) is 13.5 Å². The van der Waals surface area contributed by atoms with Gasteiger partial charge in [0.05, 0.1) is 26.0 Å². The lowest BCUT2D eigenvalue weighted by molar-refractivity contribution is 0.311. The minimum absolute atomic E-state index is 0. The lowest BCUT2D eigenvalue weighted by atomic mass is 10.2. The number of rotatable bonds is 6. The molecule has 23 heavy (non-hydrogen) atoms. The maximum absolute atomic E-state index is 5.56. The van der Waals surface area contributed by atoms with Crippen molar-refractivity contribution >= 4 is 35.6 Å². The number of anilines is 1. The van der Waals surface area contributed by atoms with Crippen LogP contribution in [0.2, 0.25) is 0 Å². The van der Waals surface area contributed by atoms with Crippen LogP contribution in [-0.2, 0) is 6.54 Å². The van der Waals surface area contributed by atoms with Crippen molar-refractivity contribution in [3.05, 3.63) is 36.2 Å². The largest absolute Gasteiger partial charge is 0.493 e. The van der Waals surface area contributed by atoms with Gasteiger partial charge in [-0.1, -0.05) is 0 Å². The summed E-state index contributed by atoms with van der Waals surface area (Å²) >= 11 is 0. The van der Waals surface area contributed by atoms with E-state index in [9.17, 15) is 0 Å². The van der Waals surface area contributed by atoms with Crippen LogP contribution >= 0.6 is 24.0 Å². The van der Waals surface area contributed by atoms with E-state index in [4.69, 9.17) is 9.47 Å². The van der Waals surface area contributed by atoms with E-state index >= 15 is 0 Å². The second-order valence-electron chi connectivity index (χ2n) is 4.43. The molecule has 0 unspecified atom stereocenters. The minimum atomic E-state index is 0. The van der Waals surface area contributed by atoms with Crippen molar-refractivity contribution in [2.75, 3.05) is 26.1 Å². The van der Waals surface area contributed by atoms with Gasteiger partial charge in [0, 0.05) is 25.0 Å². The van der Waals surface area contributed by atoms with Crippen LogP contribution in [0.15, 0.2) is 35.5 Å². The van der Waals surface area contributed by atoms with Crippen LogP contribution in [-0.4, -0.2) is 36.9 Å². The number of benzene rings is 1. The van der Waals surface area contributed by atoms with E-state index in [0.29, 0.717) is 30.6 Å². The first kappa shape index (κ1) is 19.1. The van der Waals surface area contributed by atoms with Crippen molar-refractivity contribution in [1.29, 1.82) is 0 Å². The van der Waals surface area contributed by atoms with E-state index in [2.05, 4.69) is 25.8 Å². The number of aliphatic imine (C=N–C) groups is 1. The Morgan fingerprint density at radius 1 is 1.30 bits per heavy atom. The lowest BCUT2D eigenvalue weighted by Crippen LogP contribution is -2.30. The normalized spacial score (nSPS) is 10.7. The minimum Gasteiger partial charge on any atom is -0.493 e. The zero-order valence-corrected chi connectivity index (χ0v) is 15.8. The molecule has 0 aliphatic heterocycles. The van der Waals surface area contributed by atoms with Crippen LogP contribution in [0.3, 0.4) is 0 Å². The summed E-state index contributed by atoms with van der Waals surface area (Å²) in [5, 5.41) is 13.2. The van der Waals surface area contributed by atoms with Crippen LogP contribution in [0.4, 0.5) is 5.69 Å². The fraction of sp³-hybridized carbons (Fsp3) is 0.333. The fourth-order valence-corrected chi connectivity index (χ4v) is 1.90. The number of ether oxygens (including phenoxy) is 2. The molecule has 0 spiro atoms. The first-order valence-electron chi connectivity index (χ1n) is 7.03. The number of aromatic nitrogens is 2. The number of nitrogens with one attached hydrogen (secondary N) is 3. The number of halogens is 1. The topological polar surface area (TPSA) is 83.6 Å². The highest BCUT2D eigenvalue weighted by molar-refractivity contribution is 14.0. The van der Waals surface area contributed by atoms with Gasteiger partial charge in [0.1, 0.15) is 0 Å².